The zero-order chi connectivity index (χ0) is 14.4. The van der Waals surface area contributed by atoms with E-state index in [4.69, 9.17) is 0 Å². The molecule has 5 nitrogen and oxygen atoms in total. The van der Waals surface area contributed by atoms with Gasteiger partial charge in [-0.25, -0.2) is 8.78 Å². The van der Waals surface area contributed by atoms with E-state index < -0.39 is 39.5 Å². The number of halogens is 2. The van der Waals surface area contributed by atoms with Crippen molar-refractivity contribution < 1.29 is 18.8 Å². The molecule has 7 heteroatoms. The fourth-order valence-electron chi connectivity index (χ4n) is 2.12. The predicted octanol–water partition coefficient (Wildman–Crippen LogP) is 2.44. The summed E-state index contributed by atoms with van der Waals surface area (Å²) in [5, 5.41) is 22.7. The molecule has 1 aromatic rings. The third-order valence-corrected chi connectivity index (χ3v) is 3.77. The summed E-state index contributed by atoms with van der Waals surface area (Å²) in [6.45, 7) is 3.56. The highest BCUT2D eigenvalue weighted by molar-refractivity contribution is 5.53. The minimum atomic E-state index is -1.01. The summed E-state index contributed by atoms with van der Waals surface area (Å²) in [7, 11) is 0. The van der Waals surface area contributed by atoms with Crippen LogP contribution in [-0.2, 0) is 0 Å². The molecule has 2 unspecified atom stereocenters. The lowest BCUT2D eigenvalue weighted by atomic mass is 9.64. The molecule has 0 bridgehead atoms. The Morgan fingerprint density at radius 1 is 1.42 bits per heavy atom. The normalized spacial score (nSPS) is 24.7. The maximum atomic E-state index is 13.7. The SMILES string of the molecule is CC1(C)C(O)CC1Nc1c(F)cc([N+](=O)[O-])cc1F. The molecule has 2 rings (SSSR count). The van der Waals surface area contributed by atoms with Crippen LogP contribution in [0.1, 0.15) is 20.3 Å². The van der Waals surface area contributed by atoms with Gasteiger partial charge in [-0.3, -0.25) is 10.1 Å². The Balaban J connectivity index is 2.25. The topological polar surface area (TPSA) is 75.4 Å². The van der Waals surface area contributed by atoms with E-state index >= 15 is 0 Å². The van der Waals surface area contributed by atoms with Crippen molar-refractivity contribution in [2.24, 2.45) is 5.41 Å². The molecule has 0 aromatic heterocycles. The van der Waals surface area contributed by atoms with Gasteiger partial charge in [0.15, 0.2) is 11.6 Å². The van der Waals surface area contributed by atoms with Crippen molar-refractivity contribution in [2.75, 3.05) is 5.32 Å². The van der Waals surface area contributed by atoms with E-state index in [-0.39, 0.29) is 6.04 Å². The molecular weight excluding hydrogens is 258 g/mol. The average Bonchev–Trinajstić information content (AvgIpc) is 2.31. The van der Waals surface area contributed by atoms with Gasteiger partial charge >= 0.3 is 0 Å². The molecule has 19 heavy (non-hydrogen) atoms. The van der Waals surface area contributed by atoms with Crippen LogP contribution >= 0.6 is 0 Å². The smallest absolute Gasteiger partial charge is 0.275 e. The first kappa shape index (κ1) is 13.7. The van der Waals surface area contributed by atoms with Crippen molar-refractivity contribution in [3.63, 3.8) is 0 Å². The van der Waals surface area contributed by atoms with Crippen molar-refractivity contribution in [1.82, 2.24) is 0 Å². The molecule has 0 amide bonds. The van der Waals surface area contributed by atoms with Crippen molar-refractivity contribution in [3.05, 3.63) is 33.9 Å². The van der Waals surface area contributed by atoms with Crippen LogP contribution < -0.4 is 5.32 Å². The third kappa shape index (κ3) is 2.25. The molecule has 0 aliphatic heterocycles. The van der Waals surface area contributed by atoms with Crippen LogP contribution in [0, 0.1) is 27.2 Å². The zero-order valence-corrected chi connectivity index (χ0v) is 10.5. The van der Waals surface area contributed by atoms with E-state index in [1.807, 2.05) is 0 Å². The van der Waals surface area contributed by atoms with E-state index in [1.54, 1.807) is 13.8 Å². The Morgan fingerprint density at radius 3 is 2.32 bits per heavy atom. The summed E-state index contributed by atoms with van der Waals surface area (Å²) in [5.74, 6) is -2.02. The predicted molar refractivity (Wildman–Crippen MR) is 64.8 cm³/mol. The highest BCUT2D eigenvalue weighted by atomic mass is 19.1. The van der Waals surface area contributed by atoms with Crippen LogP contribution in [0.4, 0.5) is 20.2 Å². The summed E-state index contributed by atoms with van der Waals surface area (Å²) in [4.78, 5) is 9.62. The van der Waals surface area contributed by atoms with Crippen LogP contribution in [0.15, 0.2) is 12.1 Å². The van der Waals surface area contributed by atoms with Crippen LogP contribution in [0.2, 0.25) is 0 Å². The van der Waals surface area contributed by atoms with Gasteiger partial charge in [-0.1, -0.05) is 13.8 Å². The van der Waals surface area contributed by atoms with Gasteiger partial charge in [0.2, 0.25) is 0 Å². The third-order valence-electron chi connectivity index (χ3n) is 3.77. The number of nitrogens with one attached hydrogen (secondary N) is 1. The van der Waals surface area contributed by atoms with Gasteiger partial charge < -0.3 is 10.4 Å². The molecule has 0 saturated heterocycles. The van der Waals surface area contributed by atoms with E-state index in [2.05, 4.69) is 5.32 Å². The van der Waals surface area contributed by atoms with Gasteiger partial charge in [0.1, 0.15) is 5.69 Å². The number of hydrogen-bond donors (Lipinski definition) is 2. The van der Waals surface area contributed by atoms with Gasteiger partial charge in [0, 0.05) is 11.5 Å². The second-order valence-electron chi connectivity index (χ2n) is 5.31. The van der Waals surface area contributed by atoms with Crippen LogP contribution in [0.5, 0.6) is 0 Å². The maximum Gasteiger partial charge on any atom is 0.275 e. The number of rotatable bonds is 3. The standard InChI is InChI=1S/C12H14F2N2O3/c1-12(2)9(5-10(12)17)15-11-7(13)3-6(16(18)19)4-8(11)14/h3-4,9-10,15,17H,5H2,1-2H3. The van der Waals surface area contributed by atoms with E-state index in [0.717, 1.165) is 0 Å². The molecule has 0 radical (unpaired) electrons. The van der Waals surface area contributed by atoms with Crippen LogP contribution in [0.25, 0.3) is 0 Å². The molecule has 0 spiro atoms. The summed E-state index contributed by atoms with van der Waals surface area (Å²) in [5.41, 5.74) is -1.52. The van der Waals surface area contributed by atoms with Gasteiger partial charge in [0.25, 0.3) is 5.69 Å². The monoisotopic (exact) mass is 272 g/mol. The molecule has 1 fully saturated rings. The second kappa shape index (κ2) is 4.41. The molecule has 2 atom stereocenters. The quantitative estimate of drug-likeness (QED) is 0.654. The fourth-order valence-corrected chi connectivity index (χ4v) is 2.12. The lowest BCUT2D eigenvalue weighted by molar-refractivity contribution is -0.385. The Morgan fingerprint density at radius 2 is 1.95 bits per heavy atom. The number of nitro groups is 1. The lowest BCUT2D eigenvalue weighted by Gasteiger charge is -2.49. The Labute approximate surface area is 108 Å². The van der Waals surface area contributed by atoms with Crippen molar-refractivity contribution >= 4 is 11.4 Å². The molecule has 104 valence electrons. The number of non-ortho nitro benzene ring substituents is 1. The Kier molecular flexibility index (Phi) is 3.17. The van der Waals surface area contributed by atoms with E-state index in [9.17, 15) is 24.0 Å². The lowest BCUT2D eigenvalue weighted by Crippen LogP contribution is -2.57. The molecule has 1 aromatic carbocycles. The second-order valence-corrected chi connectivity index (χ2v) is 5.31. The van der Waals surface area contributed by atoms with Crippen molar-refractivity contribution in [3.8, 4) is 0 Å². The number of benzene rings is 1. The van der Waals surface area contributed by atoms with Gasteiger partial charge in [-0.15, -0.1) is 0 Å². The molecule has 1 aliphatic carbocycles. The number of nitro benzene ring substituents is 1. The minimum Gasteiger partial charge on any atom is -0.392 e. The average molecular weight is 272 g/mol. The largest absolute Gasteiger partial charge is 0.392 e. The Bertz CT molecular complexity index is 511. The van der Waals surface area contributed by atoms with E-state index in [1.165, 1.54) is 0 Å². The maximum absolute atomic E-state index is 13.7. The summed E-state index contributed by atoms with van der Waals surface area (Å²) in [6, 6.07) is 1.06. The molecule has 1 aliphatic rings. The first-order chi connectivity index (χ1) is 8.73. The van der Waals surface area contributed by atoms with E-state index in [0.29, 0.717) is 18.6 Å². The fraction of sp³-hybridized carbons (Fsp3) is 0.500. The van der Waals surface area contributed by atoms with Crippen LogP contribution in [0.3, 0.4) is 0 Å². The highest BCUT2D eigenvalue weighted by Crippen LogP contribution is 2.43. The summed E-state index contributed by atoms with van der Waals surface area (Å²) < 4.78 is 27.3. The molecule has 0 heterocycles. The summed E-state index contributed by atoms with van der Waals surface area (Å²) in [6.07, 6.45) is -0.155. The van der Waals surface area contributed by atoms with Crippen molar-refractivity contribution in [1.29, 1.82) is 0 Å². The number of aliphatic hydroxyl groups is 1. The van der Waals surface area contributed by atoms with Gasteiger partial charge in [0.05, 0.1) is 23.2 Å². The van der Waals surface area contributed by atoms with Gasteiger partial charge in [-0.05, 0) is 6.42 Å². The number of hydrogen-bond acceptors (Lipinski definition) is 4. The number of nitrogens with zero attached hydrogens (tertiary/aromatic N) is 1. The van der Waals surface area contributed by atoms with Crippen LogP contribution in [-0.4, -0.2) is 22.2 Å². The number of anilines is 1. The van der Waals surface area contributed by atoms with Gasteiger partial charge in [-0.2, -0.15) is 0 Å². The molecule has 1 saturated carbocycles. The minimum absolute atomic E-state index is 0.284. The van der Waals surface area contributed by atoms with Crippen molar-refractivity contribution in [2.45, 2.75) is 32.4 Å². The molecular formula is C12H14F2N2O3. The summed E-state index contributed by atoms with van der Waals surface area (Å²) >= 11 is 0. The Hall–Kier alpha value is -1.76. The first-order valence-electron chi connectivity index (χ1n) is 5.81. The molecule has 2 N–H and O–H groups in total. The number of aliphatic hydroxyl groups excluding tert-OH is 1. The highest BCUT2D eigenvalue weighted by Gasteiger charge is 2.47. The first-order valence-corrected chi connectivity index (χ1v) is 5.81. The zero-order valence-electron chi connectivity index (χ0n) is 10.5.